The van der Waals surface area contributed by atoms with Gasteiger partial charge in [-0.05, 0) is 31.2 Å². The van der Waals surface area contributed by atoms with Gasteiger partial charge in [-0.15, -0.1) is 22.0 Å². The maximum Gasteiger partial charge on any atom is 0.236 e. The van der Waals surface area contributed by atoms with Gasteiger partial charge < -0.3 is 4.90 Å². The van der Waals surface area contributed by atoms with Crippen molar-refractivity contribution in [1.29, 1.82) is 0 Å². The van der Waals surface area contributed by atoms with Crippen molar-refractivity contribution in [3.63, 3.8) is 0 Å². The van der Waals surface area contributed by atoms with Gasteiger partial charge in [0.15, 0.2) is 0 Å². The number of nitrogens with zero attached hydrogens (tertiary/aromatic N) is 3. The predicted molar refractivity (Wildman–Crippen MR) is 117 cm³/mol. The van der Waals surface area contributed by atoms with E-state index < -0.39 is 0 Å². The van der Waals surface area contributed by atoms with E-state index in [-0.39, 0.29) is 17.7 Å². The van der Waals surface area contributed by atoms with Crippen molar-refractivity contribution in [1.82, 2.24) is 10.2 Å². The molecule has 29 heavy (non-hydrogen) atoms. The lowest BCUT2D eigenvalue weighted by atomic mass is 10.1. The Bertz CT molecular complexity index is 1010. The highest BCUT2D eigenvalue weighted by Gasteiger charge is 2.33. The SMILES string of the molecule is Cc1ccc(N2C[C@@H](c3nnc(NC(=O)CSc4ccccc4)s3)CC2=O)cc1. The maximum absolute atomic E-state index is 12.5. The summed E-state index contributed by atoms with van der Waals surface area (Å²) < 4.78 is 0. The number of benzene rings is 2. The van der Waals surface area contributed by atoms with E-state index in [0.29, 0.717) is 23.8 Å². The third-order valence-electron chi connectivity index (χ3n) is 4.62. The number of hydrogen-bond donors (Lipinski definition) is 1. The molecule has 1 saturated heterocycles. The van der Waals surface area contributed by atoms with E-state index in [9.17, 15) is 9.59 Å². The molecule has 2 amide bonds. The number of carbonyl (C=O) groups excluding carboxylic acids is 2. The fourth-order valence-corrected chi connectivity index (χ4v) is 4.69. The third kappa shape index (κ3) is 4.83. The van der Waals surface area contributed by atoms with Crippen LogP contribution in [0.5, 0.6) is 0 Å². The molecule has 2 aromatic carbocycles. The van der Waals surface area contributed by atoms with Crippen LogP contribution in [0.4, 0.5) is 10.8 Å². The summed E-state index contributed by atoms with van der Waals surface area (Å²) in [5.41, 5.74) is 2.06. The second-order valence-corrected chi connectivity index (χ2v) is 8.89. The Morgan fingerprint density at radius 2 is 1.93 bits per heavy atom. The van der Waals surface area contributed by atoms with Gasteiger partial charge in [0.25, 0.3) is 0 Å². The van der Waals surface area contributed by atoms with Crippen molar-refractivity contribution in [3.8, 4) is 0 Å². The standard InChI is InChI=1S/C21H20N4O2S2/c1-14-7-9-16(10-8-14)25-12-15(11-19(25)27)20-23-24-21(29-20)22-18(26)13-28-17-5-3-2-4-6-17/h2-10,15H,11-13H2,1H3,(H,22,24,26)/t15-/m0/s1. The molecule has 3 aromatic rings. The number of carbonyl (C=O) groups is 2. The fraction of sp³-hybridized carbons (Fsp3) is 0.238. The van der Waals surface area contributed by atoms with E-state index in [2.05, 4.69) is 15.5 Å². The minimum atomic E-state index is -0.120. The quantitative estimate of drug-likeness (QED) is 0.603. The van der Waals surface area contributed by atoms with Gasteiger partial charge in [0.2, 0.25) is 16.9 Å². The topological polar surface area (TPSA) is 75.2 Å². The lowest BCUT2D eigenvalue weighted by Gasteiger charge is -2.16. The molecule has 1 aliphatic heterocycles. The van der Waals surface area contributed by atoms with Gasteiger partial charge in [0.1, 0.15) is 5.01 Å². The van der Waals surface area contributed by atoms with Crippen molar-refractivity contribution in [3.05, 3.63) is 65.2 Å². The molecule has 2 heterocycles. The highest BCUT2D eigenvalue weighted by molar-refractivity contribution is 8.00. The van der Waals surface area contributed by atoms with Crippen LogP contribution in [0.25, 0.3) is 0 Å². The molecular weight excluding hydrogens is 404 g/mol. The predicted octanol–water partition coefficient (Wildman–Crippen LogP) is 4.10. The van der Waals surface area contributed by atoms with Gasteiger partial charge in [-0.2, -0.15) is 0 Å². The minimum Gasteiger partial charge on any atom is -0.312 e. The summed E-state index contributed by atoms with van der Waals surface area (Å²) in [6, 6.07) is 17.7. The Kier molecular flexibility index (Phi) is 5.92. The molecule has 1 N–H and O–H groups in total. The molecule has 0 spiro atoms. The largest absolute Gasteiger partial charge is 0.312 e. The Morgan fingerprint density at radius 1 is 1.17 bits per heavy atom. The number of thioether (sulfide) groups is 1. The summed E-state index contributed by atoms with van der Waals surface area (Å²) >= 11 is 2.81. The minimum absolute atomic E-state index is 0.00866. The molecule has 0 saturated carbocycles. The van der Waals surface area contributed by atoms with E-state index in [1.165, 1.54) is 23.1 Å². The van der Waals surface area contributed by atoms with Crippen LogP contribution in [-0.4, -0.2) is 34.3 Å². The zero-order chi connectivity index (χ0) is 20.2. The van der Waals surface area contributed by atoms with Crippen molar-refractivity contribution in [2.45, 2.75) is 24.2 Å². The lowest BCUT2D eigenvalue weighted by molar-refractivity contribution is -0.117. The number of rotatable bonds is 6. The molecule has 0 unspecified atom stereocenters. The van der Waals surface area contributed by atoms with E-state index in [1.54, 1.807) is 4.90 Å². The Morgan fingerprint density at radius 3 is 2.69 bits per heavy atom. The summed E-state index contributed by atoms with van der Waals surface area (Å²) in [6.07, 6.45) is 0.403. The molecule has 6 nitrogen and oxygen atoms in total. The van der Waals surface area contributed by atoms with Crippen LogP contribution in [-0.2, 0) is 9.59 Å². The van der Waals surface area contributed by atoms with Crippen molar-refractivity contribution in [2.24, 2.45) is 0 Å². The molecule has 1 fully saturated rings. The summed E-state index contributed by atoms with van der Waals surface area (Å²) in [4.78, 5) is 27.5. The maximum atomic E-state index is 12.5. The average Bonchev–Trinajstić information content (AvgIpc) is 3.34. The third-order valence-corrected chi connectivity index (χ3v) is 6.63. The smallest absolute Gasteiger partial charge is 0.236 e. The van der Waals surface area contributed by atoms with Gasteiger partial charge >= 0.3 is 0 Å². The van der Waals surface area contributed by atoms with Gasteiger partial charge in [-0.25, -0.2) is 0 Å². The first-order valence-electron chi connectivity index (χ1n) is 9.26. The van der Waals surface area contributed by atoms with Gasteiger partial charge in [-0.3, -0.25) is 14.9 Å². The normalized spacial score (nSPS) is 16.2. The molecule has 1 atom stereocenters. The van der Waals surface area contributed by atoms with Crippen LogP contribution in [0.3, 0.4) is 0 Å². The molecular formula is C21H20N4O2S2. The van der Waals surface area contributed by atoms with Gasteiger partial charge in [0, 0.05) is 29.5 Å². The van der Waals surface area contributed by atoms with E-state index in [0.717, 1.165) is 21.2 Å². The zero-order valence-corrected chi connectivity index (χ0v) is 17.5. The zero-order valence-electron chi connectivity index (χ0n) is 15.9. The monoisotopic (exact) mass is 424 g/mol. The van der Waals surface area contributed by atoms with Crippen LogP contribution in [0.15, 0.2) is 59.5 Å². The Hall–Kier alpha value is -2.71. The van der Waals surface area contributed by atoms with Crippen LogP contribution in [0.1, 0.15) is 22.9 Å². The van der Waals surface area contributed by atoms with Crippen LogP contribution in [0.2, 0.25) is 0 Å². The van der Waals surface area contributed by atoms with E-state index in [4.69, 9.17) is 0 Å². The van der Waals surface area contributed by atoms with Gasteiger partial charge in [-0.1, -0.05) is 47.2 Å². The van der Waals surface area contributed by atoms with Crippen LogP contribution in [0, 0.1) is 6.92 Å². The number of anilines is 2. The summed E-state index contributed by atoms with van der Waals surface area (Å²) in [5, 5.41) is 12.4. The summed E-state index contributed by atoms with van der Waals surface area (Å²) in [5.74, 6) is 0.261. The number of aromatic nitrogens is 2. The second-order valence-electron chi connectivity index (χ2n) is 6.84. The molecule has 148 valence electrons. The lowest BCUT2D eigenvalue weighted by Crippen LogP contribution is -2.24. The van der Waals surface area contributed by atoms with E-state index >= 15 is 0 Å². The van der Waals surface area contributed by atoms with Gasteiger partial charge in [0.05, 0.1) is 5.75 Å². The summed E-state index contributed by atoms with van der Waals surface area (Å²) in [6.45, 7) is 2.60. The van der Waals surface area contributed by atoms with Crippen LogP contribution >= 0.6 is 23.1 Å². The van der Waals surface area contributed by atoms with Crippen LogP contribution < -0.4 is 10.2 Å². The fourth-order valence-electron chi connectivity index (χ4n) is 3.12. The highest BCUT2D eigenvalue weighted by atomic mass is 32.2. The number of aryl methyl sites for hydroxylation is 1. The summed E-state index contributed by atoms with van der Waals surface area (Å²) in [7, 11) is 0. The number of hydrogen-bond acceptors (Lipinski definition) is 6. The van der Waals surface area contributed by atoms with Crippen molar-refractivity contribution < 1.29 is 9.59 Å². The molecule has 0 radical (unpaired) electrons. The first-order valence-corrected chi connectivity index (χ1v) is 11.1. The number of amides is 2. The second kappa shape index (κ2) is 8.75. The molecule has 1 aliphatic rings. The Balaban J connectivity index is 1.34. The first kappa shape index (κ1) is 19.6. The van der Waals surface area contributed by atoms with Crippen molar-refractivity contribution in [2.75, 3.05) is 22.5 Å². The molecule has 1 aromatic heterocycles. The Labute approximate surface area is 177 Å². The van der Waals surface area contributed by atoms with Crippen molar-refractivity contribution >= 4 is 45.7 Å². The highest BCUT2D eigenvalue weighted by Crippen LogP contribution is 2.34. The number of nitrogens with one attached hydrogen (secondary N) is 1. The molecule has 0 bridgehead atoms. The molecule has 4 rings (SSSR count). The molecule has 8 heteroatoms. The molecule has 0 aliphatic carbocycles. The first-order chi connectivity index (χ1) is 14.1. The average molecular weight is 425 g/mol. The van der Waals surface area contributed by atoms with E-state index in [1.807, 2.05) is 61.5 Å².